The number of rotatable bonds is 7. The Morgan fingerprint density at radius 2 is 2.06 bits per heavy atom. The Bertz CT molecular complexity index is 396. The molecule has 4 heteroatoms. The van der Waals surface area contributed by atoms with E-state index in [4.69, 9.17) is 9.78 Å². The van der Waals surface area contributed by atoms with Crippen LogP contribution in [0.25, 0.3) is 0 Å². The normalized spacial score (nSPS) is 11.5. The number of unbranched alkanes of at least 4 members (excludes halogenated alkanes) is 1. The highest BCUT2D eigenvalue weighted by atomic mass is 16.5. The molecule has 0 aliphatic carbocycles. The largest absolute Gasteiger partial charge is 0.361 e. The van der Waals surface area contributed by atoms with E-state index >= 15 is 0 Å². The molecule has 18 heavy (non-hydrogen) atoms. The van der Waals surface area contributed by atoms with Crippen LogP contribution >= 0.6 is 0 Å². The molecule has 0 fully saturated rings. The average Bonchev–Trinajstić information content (AvgIpc) is 2.64. The van der Waals surface area contributed by atoms with Gasteiger partial charge in [0.2, 0.25) is 0 Å². The lowest BCUT2D eigenvalue weighted by atomic mass is 9.89. The molecule has 0 saturated carbocycles. The maximum Gasteiger partial charge on any atom is 0.138 e. The molecule has 4 nitrogen and oxygen atoms in total. The Balaban J connectivity index is 2.15. The summed E-state index contributed by atoms with van der Waals surface area (Å²) in [4.78, 5) is 0. The van der Waals surface area contributed by atoms with Gasteiger partial charge < -0.3 is 9.84 Å². The van der Waals surface area contributed by atoms with Crippen molar-refractivity contribution in [3.05, 3.63) is 17.0 Å². The van der Waals surface area contributed by atoms with Crippen LogP contribution in [0.4, 0.5) is 0 Å². The molecule has 0 bridgehead atoms. The van der Waals surface area contributed by atoms with Gasteiger partial charge in [0.1, 0.15) is 5.76 Å². The Kier molecular flexibility index (Phi) is 5.36. The van der Waals surface area contributed by atoms with E-state index in [0.717, 1.165) is 49.4 Å². The molecule has 1 aromatic rings. The van der Waals surface area contributed by atoms with Crippen LogP contribution in [0, 0.1) is 30.6 Å². The Labute approximate surface area is 109 Å². The summed E-state index contributed by atoms with van der Waals surface area (Å²) in [6.45, 7) is 9.65. The van der Waals surface area contributed by atoms with Crippen LogP contribution in [-0.2, 0) is 6.54 Å². The van der Waals surface area contributed by atoms with Crippen molar-refractivity contribution in [2.45, 2.75) is 53.5 Å². The van der Waals surface area contributed by atoms with Crippen LogP contribution in [0.2, 0.25) is 0 Å². The summed E-state index contributed by atoms with van der Waals surface area (Å²) in [6, 6.07) is 2.33. The lowest BCUT2D eigenvalue weighted by Crippen LogP contribution is -2.16. The van der Waals surface area contributed by atoms with Crippen molar-refractivity contribution >= 4 is 0 Å². The smallest absolute Gasteiger partial charge is 0.138 e. The van der Waals surface area contributed by atoms with Gasteiger partial charge in [0.25, 0.3) is 0 Å². The topological polar surface area (TPSA) is 61.9 Å². The van der Waals surface area contributed by atoms with E-state index in [1.807, 2.05) is 27.7 Å². The molecule has 0 spiro atoms. The van der Waals surface area contributed by atoms with Crippen LogP contribution < -0.4 is 5.32 Å². The van der Waals surface area contributed by atoms with Crippen LogP contribution in [0.15, 0.2) is 4.52 Å². The molecule has 1 rings (SSSR count). The summed E-state index contributed by atoms with van der Waals surface area (Å²) in [5.41, 5.74) is 1.93. The summed E-state index contributed by atoms with van der Waals surface area (Å²) < 4.78 is 5.11. The molecule has 0 aliphatic heterocycles. The van der Waals surface area contributed by atoms with Gasteiger partial charge in [-0.2, -0.15) is 5.26 Å². The zero-order valence-corrected chi connectivity index (χ0v) is 11.8. The number of aromatic nitrogens is 1. The van der Waals surface area contributed by atoms with Gasteiger partial charge in [0, 0.05) is 12.1 Å². The van der Waals surface area contributed by atoms with Gasteiger partial charge in [-0.15, -0.1) is 0 Å². The predicted octanol–water partition coefficient (Wildman–Crippen LogP) is 3.10. The van der Waals surface area contributed by atoms with Crippen LogP contribution in [0.3, 0.4) is 0 Å². The Morgan fingerprint density at radius 1 is 1.33 bits per heavy atom. The molecule has 1 heterocycles. The third-order valence-electron chi connectivity index (χ3n) is 3.19. The van der Waals surface area contributed by atoms with Gasteiger partial charge in [-0.1, -0.05) is 11.6 Å². The fourth-order valence-corrected chi connectivity index (χ4v) is 1.84. The molecule has 100 valence electrons. The van der Waals surface area contributed by atoms with E-state index in [2.05, 4.69) is 16.5 Å². The van der Waals surface area contributed by atoms with Crippen molar-refractivity contribution < 1.29 is 4.52 Å². The first kappa shape index (κ1) is 14.7. The number of hydrogen-bond acceptors (Lipinski definition) is 4. The second kappa shape index (κ2) is 6.55. The van der Waals surface area contributed by atoms with Crippen molar-refractivity contribution in [2.24, 2.45) is 5.41 Å². The minimum absolute atomic E-state index is 0.193. The standard InChI is InChI=1S/C14H23N3O/c1-11-13(12(2)18-17-11)9-16-8-6-5-7-14(3,4)10-15/h16H,5-9H2,1-4H3. The van der Waals surface area contributed by atoms with Crippen molar-refractivity contribution in [2.75, 3.05) is 6.54 Å². The molecular weight excluding hydrogens is 226 g/mol. The van der Waals surface area contributed by atoms with Gasteiger partial charge in [0.15, 0.2) is 0 Å². The maximum absolute atomic E-state index is 8.90. The van der Waals surface area contributed by atoms with Crippen LogP contribution in [-0.4, -0.2) is 11.7 Å². The molecule has 1 N–H and O–H groups in total. The number of nitrogens with zero attached hydrogens (tertiary/aromatic N) is 2. The third kappa shape index (κ3) is 4.50. The summed E-state index contributed by atoms with van der Waals surface area (Å²) in [5.74, 6) is 0.894. The van der Waals surface area contributed by atoms with E-state index in [9.17, 15) is 0 Å². The zero-order valence-electron chi connectivity index (χ0n) is 11.8. The van der Waals surface area contributed by atoms with Crippen molar-refractivity contribution in [1.29, 1.82) is 5.26 Å². The average molecular weight is 249 g/mol. The second-order valence-corrected chi connectivity index (χ2v) is 5.43. The summed E-state index contributed by atoms with van der Waals surface area (Å²) in [5, 5.41) is 16.2. The molecule has 0 aliphatic rings. The minimum Gasteiger partial charge on any atom is -0.361 e. The molecular formula is C14H23N3O. The molecule has 0 amide bonds. The van der Waals surface area contributed by atoms with E-state index in [0.29, 0.717) is 0 Å². The van der Waals surface area contributed by atoms with E-state index in [-0.39, 0.29) is 5.41 Å². The quantitative estimate of drug-likeness (QED) is 0.754. The van der Waals surface area contributed by atoms with Crippen molar-refractivity contribution in [1.82, 2.24) is 10.5 Å². The molecule has 0 aromatic carbocycles. The fraction of sp³-hybridized carbons (Fsp3) is 0.714. The fourth-order valence-electron chi connectivity index (χ4n) is 1.84. The summed E-state index contributed by atoms with van der Waals surface area (Å²) in [6.07, 6.45) is 3.13. The van der Waals surface area contributed by atoms with Crippen molar-refractivity contribution in [3.63, 3.8) is 0 Å². The lowest BCUT2D eigenvalue weighted by molar-refractivity contribution is 0.391. The first-order valence-electron chi connectivity index (χ1n) is 6.50. The Morgan fingerprint density at radius 3 is 2.61 bits per heavy atom. The summed E-state index contributed by atoms with van der Waals surface area (Å²) in [7, 11) is 0. The highest BCUT2D eigenvalue weighted by Crippen LogP contribution is 2.21. The predicted molar refractivity (Wildman–Crippen MR) is 70.9 cm³/mol. The lowest BCUT2D eigenvalue weighted by Gasteiger charge is -2.14. The zero-order chi connectivity index (χ0) is 13.6. The van der Waals surface area contributed by atoms with E-state index in [1.165, 1.54) is 0 Å². The number of nitriles is 1. The molecule has 0 atom stereocenters. The van der Waals surface area contributed by atoms with Crippen LogP contribution in [0.5, 0.6) is 0 Å². The van der Waals surface area contributed by atoms with Crippen LogP contribution in [0.1, 0.15) is 50.1 Å². The molecule has 1 aromatic heterocycles. The first-order chi connectivity index (χ1) is 8.46. The van der Waals surface area contributed by atoms with Gasteiger partial charge in [-0.3, -0.25) is 0 Å². The molecule has 0 unspecified atom stereocenters. The molecule has 0 radical (unpaired) electrons. The van der Waals surface area contributed by atoms with Gasteiger partial charge >= 0.3 is 0 Å². The minimum atomic E-state index is -0.193. The van der Waals surface area contributed by atoms with Gasteiger partial charge in [-0.05, 0) is 47.1 Å². The summed E-state index contributed by atoms with van der Waals surface area (Å²) >= 11 is 0. The second-order valence-electron chi connectivity index (χ2n) is 5.43. The van der Waals surface area contributed by atoms with Gasteiger partial charge in [-0.25, -0.2) is 0 Å². The van der Waals surface area contributed by atoms with Crippen molar-refractivity contribution in [3.8, 4) is 6.07 Å². The monoisotopic (exact) mass is 249 g/mol. The third-order valence-corrected chi connectivity index (χ3v) is 3.19. The van der Waals surface area contributed by atoms with E-state index in [1.54, 1.807) is 0 Å². The maximum atomic E-state index is 8.90. The molecule has 0 saturated heterocycles. The Hall–Kier alpha value is -1.34. The number of hydrogen-bond donors (Lipinski definition) is 1. The number of aryl methyl sites for hydroxylation is 2. The van der Waals surface area contributed by atoms with Gasteiger partial charge in [0.05, 0.1) is 17.2 Å². The highest BCUT2D eigenvalue weighted by molar-refractivity contribution is 5.20. The van der Waals surface area contributed by atoms with E-state index < -0.39 is 0 Å². The SMILES string of the molecule is Cc1noc(C)c1CNCCCCC(C)(C)C#N. The number of nitrogens with one attached hydrogen (secondary N) is 1. The first-order valence-corrected chi connectivity index (χ1v) is 6.50. The highest BCUT2D eigenvalue weighted by Gasteiger charge is 2.15.